The van der Waals surface area contributed by atoms with Crippen LogP contribution in [0.3, 0.4) is 0 Å². The van der Waals surface area contributed by atoms with Gasteiger partial charge in [-0.3, -0.25) is 0 Å². The van der Waals surface area contributed by atoms with E-state index in [-0.39, 0.29) is 17.4 Å². The van der Waals surface area contributed by atoms with Gasteiger partial charge in [-0.1, -0.05) is 23.7 Å². The fraction of sp³-hybridized carbons (Fsp3) is 0.100. The van der Waals surface area contributed by atoms with Gasteiger partial charge in [0.15, 0.2) is 0 Å². The zero-order valence-electron chi connectivity index (χ0n) is 13.9. The Morgan fingerprint density at radius 2 is 1.67 bits per heavy atom. The lowest BCUT2D eigenvalue weighted by molar-refractivity contribution is 0.301. The van der Waals surface area contributed by atoms with Crippen molar-refractivity contribution in [2.45, 2.75) is 13.2 Å². The molecule has 3 aromatic rings. The van der Waals surface area contributed by atoms with Crippen molar-refractivity contribution in [2.75, 3.05) is 5.32 Å². The summed E-state index contributed by atoms with van der Waals surface area (Å²) in [4.78, 5) is 0. The Morgan fingerprint density at radius 1 is 0.926 bits per heavy atom. The van der Waals surface area contributed by atoms with Crippen LogP contribution in [0.4, 0.5) is 14.5 Å². The van der Waals surface area contributed by atoms with E-state index in [0.29, 0.717) is 12.3 Å². The zero-order valence-corrected chi connectivity index (χ0v) is 17.8. The Morgan fingerprint density at radius 3 is 2.33 bits per heavy atom. The Balaban J connectivity index is 1.67. The average Bonchev–Trinajstić information content (AvgIpc) is 2.62. The third-order valence-corrected chi connectivity index (χ3v) is 5.21. The molecule has 0 fully saturated rings. The van der Waals surface area contributed by atoms with Gasteiger partial charge in [0.25, 0.3) is 0 Å². The molecule has 27 heavy (non-hydrogen) atoms. The fourth-order valence-corrected chi connectivity index (χ4v) is 4.14. The largest absolute Gasteiger partial charge is 0.487 e. The van der Waals surface area contributed by atoms with Crippen molar-refractivity contribution in [3.05, 3.63) is 91.3 Å². The first-order valence-corrected chi connectivity index (χ1v) is 9.93. The quantitative estimate of drug-likeness (QED) is 0.370. The van der Waals surface area contributed by atoms with Gasteiger partial charge in [0, 0.05) is 12.2 Å². The minimum Gasteiger partial charge on any atom is -0.487 e. The molecule has 3 rings (SSSR count). The van der Waals surface area contributed by atoms with Crippen molar-refractivity contribution in [3.8, 4) is 5.75 Å². The van der Waals surface area contributed by atoms with Gasteiger partial charge < -0.3 is 10.1 Å². The first-order valence-electron chi connectivity index (χ1n) is 7.96. The molecule has 0 spiro atoms. The van der Waals surface area contributed by atoms with Gasteiger partial charge in [0.1, 0.15) is 24.0 Å². The number of hydrogen-bond donors (Lipinski definition) is 1. The number of nitrogens with one attached hydrogen (secondary N) is 1. The Hall–Kier alpha value is -1.63. The third kappa shape index (κ3) is 5.43. The lowest BCUT2D eigenvalue weighted by Gasteiger charge is -2.13. The van der Waals surface area contributed by atoms with Crippen molar-refractivity contribution >= 4 is 49.1 Å². The van der Waals surface area contributed by atoms with Gasteiger partial charge in [0.2, 0.25) is 0 Å². The first-order chi connectivity index (χ1) is 12.9. The highest BCUT2D eigenvalue weighted by Crippen LogP contribution is 2.35. The number of rotatable bonds is 6. The van der Waals surface area contributed by atoms with E-state index in [0.717, 1.165) is 25.8 Å². The second-order valence-electron chi connectivity index (χ2n) is 5.79. The molecule has 0 aliphatic heterocycles. The first kappa shape index (κ1) is 20.1. The molecule has 0 saturated heterocycles. The molecule has 0 aromatic heterocycles. The predicted molar refractivity (Wildman–Crippen MR) is 111 cm³/mol. The highest BCUT2D eigenvalue weighted by Gasteiger charge is 2.10. The maximum atomic E-state index is 13.3. The molecule has 0 amide bonds. The molecule has 0 heterocycles. The van der Waals surface area contributed by atoms with Crippen molar-refractivity contribution < 1.29 is 13.5 Å². The minimum absolute atomic E-state index is 0.0726. The summed E-state index contributed by atoms with van der Waals surface area (Å²) < 4.78 is 33.8. The Labute approximate surface area is 177 Å². The maximum absolute atomic E-state index is 13.3. The summed E-state index contributed by atoms with van der Waals surface area (Å²) in [6, 6.07) is 14.6. The molecule has 0 unspecified atom stereocenters. The molecule has 0 atom stereocenters. The van der Waals surface area contributed by atoms with Gasteiger partial charge in [-0.2, -0.15) is 0 Å². The van der Waals surface area contributed by atoms with Crippen LogP contribution < -0.4 is 10.1 Å². The maximum Gasteiger partial charge on any atom is 0.148 e. The van der Waals surface area contributed by atoms with Crippen molar-refractivity contribution in [2.24, 2.45) is 0 Å². The average molecular weight is 518 g/mol. The summed E-state index contributed by atoms with van der Waals surface area (Å²) >= 11 is 12.8. The van der Waals surface area contributed by atoms with Gasteiger partial charge in [-0.15, -0.1) is 0 Å². The molecule has 0 saturated carbocycles. The summed E-state index contributed by atoms with van der Waals surface area (Å²) in [7, 11) is 0. The van der Waals surface area contributed by atoms with Crippen LogP contribution in [-0.4, -0.2) is 0 Å². The molecule has 2 nitrogen and oxygen atoms in total. The van der Waals surface area contributed by atoms with Crippen molar-refractivity contribution in [1.82, 2.24) is 0 Å². The molecule has 0 radical (unpaired) electrons. The monoisotopic (exact) mass is 515 g/mol. The standard InChI is InChI=1S/C20H14Br2ClF2NO/c21-16-7-13(10-26-15-4-5-19(25)18(23)9-15)8-17(22)20(16)27-11-12-2-1-3-14(24)6-12/h1-9,26H,10-11H2. The molecule has 7 heteroatoms. The molecular formula is C20H14Br2ClF2NO. The zero-order chi connectivity index (χ0) is 19.4. The number of anilines is 1. The van der Waals surface area contributed by atoms with Crippen LogP contribution >= 0.6 is 43.5 Å². The van der Waals surface area contributed by atoms with E-state index in [2.05, 4.69) is 37.2 Å². The normalized spacial score (nSPS) is 10.7. The molecule has 3 aromatic carbocycles. The molecule has 140 valence electrons. The van der Waals surface area contributed by atoms with E-state index in [1.54, 1.807) is 18.2 Å². The van der Waals surface area contributed by atoms with Gasteiger partial charge >= 0.3 is 0 Å². The van der Waals surface area contributed by atoms with Gasteiger partial charge in [-0.25, -0.2) is 8.78 Å². The van der Waals surface area contributed by atoms with Crippen LogP contribution in [0.1, 0.15) is 11.1 Å². The second-order valence-corrected chi connectivity index (χ2v) is 7.91. The van der Waals surface area contributed by atoms with Crippen molar-refractivity contribution in [3.63, 3.8) is 0 Å². The van der Waals surface area contributed by atoms with E-state index in [4.69, 9.17) is 16.3 Å². The van der Waals surface area contributed by atoms with Crippen LogP contribution in [0.15, 0.2) is 63.5 Å². The summed E-state index contributed by atoms with van der Waals surface area (Å²) in [5.41, 5.74) is 2.44. The van der Waals surface area contributed by atoms with Crippen LogP contribution in [0.2, 0.25) is 5.02 Å². The van der Waals surface area contributed by atoms with E-state index in [1.165, 1.54) is 24.3 Å². The van der Waals surface area contributed by atoms with Crippen LogP contribution in [0, 0.1) is 11.6 Å². The van der Waals surface area contributed by atoms with Gasteiger partial charge in [0.05, 0.1) is 14.0 Å². The Kier molecular flexibility index (Phi) is 6.73. The highest BCUT2D eigenvalue weighted by molar-refractivity contribution is 9.11. The minimum atomic E-state index is -0.451. The van der Waals surface area contributed by atoms with Crippen LogP contribution in [0.5, 0.6) is 5.75 Å². The fourth-order valence-electron chi connectivity index (χ4n) is 2.44. The van der Waals surface area contributed by atoms with Crippen LogP contribution in [0.25, 0.3) is 0 Å². The lowest BCUT2D eigenvalue weighted by atomic mass is 10.2. The van der Waals surface area contributed by atoms with E-state index >= 15 is 0 Å². The number of benzene rings is 3. The summed E-state index contributed by atoms with van der Waals surface area (Å²) in [6.45, 7) is 0.768. The number of halogens is 5. The lowest BCUT2D eigenvalue weighted by Crippen LogP contribution is -2.02. The summed E-state index contributed by atoms with van der Waals surface area (Å²) in [5.74, 6) is -0.114. The summed E-state index contributed by atoms with van der Waals surface area (Å²) in [6.07, 6.45) is 0. The van der Waals surface area contributed by atoms with E-state index in [1.807, 2.05) is 12.1 Å². The molecule has 0 aliphatic carbocycles. The topological polar surface area (TPSA) is 21.3 Å². The molecule has 0 bridgehead atoms. The highest BCUT2D eigenvalue weighted by atomic mass is 79.9. The summed E-state index contributed by atoms with van der Waals surface area (Å²) in [5, 5.41) is 3.26. The van der Waals surface area contributed by atoms with Crippen LogP contribution in [-0.2, 0) is 13.2 Å². The molecular weight excluding hydrogens is 503 g/mol. The number of hydrogen-bond acceptors (Lipinski definition) is 2. The predicted octanol–water partition coefficient (Wildman–Crippen LogP) is 7.33. The SMILES string of the molecule is Fc1cccc(COc2c(Br)cc(CNc3ccc(F)c(Cl)c3)cc2Br)c1. The molecule has 0 aliphatic rings. The van der Waals surface area contributed by atoms with Crippen molar-refractivity contribution in [1.29, 1.82) is 0 Å². The van der Waals surface area contributed by atoms with E-state index < -0.39 is 5.82 Å². The van der Waals surface area contributed by atoms with E-state index in [9.17, 15) is 8.78 Å². The third-order valence-electron chi connectivity index (χ3n) is 3.75. The Bertz CT molecular complexity index is 945. The van der Waals surface area contributed by atoms with Gasteiger partial charge in [-0.05, 0) is 85.5 Å². The number of ether oxygens (including phenoxy) is 1. The second kappa shape index (κ2) is 9.04. The smallest absolute Gasteiger partial charge is 0.148 e. The molecule has 1 N–H and O–H groups in total.